The highest BCUT2D eigenvalue weighted by Gasteiger charge is 2.29. The van der Waals surface area contributed by atoms with Crippen LogP contribution in [-0.2, 0) is 4.74 Å². The third-order valence-electron chi connectivity index (χ3n) is 2.98. The van der Waals surface area contributed by atoms with Crippen molar-refractivity contribution in [3.05, 3.63) is 18.3 Å². The topological polar surface area (TPSA) is 46.2 Å². The maximum absolute atomic E-state index is 5.72. The van der Waals surface area contributed by atoms with Crippen LogP contribution in [0, 0.1) is 0 Å². The zero-order valence-electron chi connectivity index (χ0n) is 9.92. The van der Waals surface area contributed by atoms with Crippen molar-refractivity contribution in [2.75, 3.05) is 30.8 Å². The molecule has 2 rings (SSSR count). The second-order valence-corrected chi connectivity index (χ2v) is 4.44. The van der Waals surface area contributed by atoms with Gasteiger partial charge in [-0.1, -0.05) is 0 Å². The molecule has 1 fully saturated rings. The zero-order chi connectivity index (χ0) is 11.4. The summed E-state index contributed by atoms with van der Waals surface area (Å²) in [4.78, 5) is 4.17. The number of pyridine rings is 1. The molecule has 2 N–H and O–H groups in total. The minimum atomic E-state index is -0.0108. The largest absolute Gasteiger partial charge is 0.382 e. The quantitative estimate of drug-likeness (QED) is 0.817. The predicted molar refractivity (Wildman–Crippen MR) is 65.9 cm³/mol. The number of anilines is 2. The van der Waals surface area contributed by atoms with Crippen LogP contribution >= 0.6 is 0 Å². The SMILES string of the molecule is CNc1cc(NCC2(C)CCCO2)ccn1. The van der Waals surface area contributed by atoms with Gasteiger partial charge in [-0.3, -0.25) is 0 Å². The van der Waals surface area contributed by atoms with E-state index in [-0.39, 0.29) is 5.60 Å². The number of nitrogens with one attached hydrogen (secondary N) is 2. The number of ether oxygens (including phenoxy) is 1. The smallest absolute Gasteiger partial charge is 0.127 e. The van der Waals surface area contributed by atoms with Gasteiger partial charge in [0, 0.05) is 38.1 Å². The van der Waals surface area contributed by atoms with Crippen LogP contribution in [0.2, 0.25) is 0 Å². The fraction of sp³-hybridized carbons (Fsp3) is 0.583. The molecule has 1 atom stereocenters. The molecule has 0 aliphatic carbocycles. The molecule has 4 heteroatoms. The van der Waals surface area contributed by atoms with Crippen molar-refractivity contribution >= 4 is 11.5 Å². The van der Waals surface area contributed by atoms with E-state index < -0.39 is 0 Å². The molecule has 0 spiro atoms. The predicted octanol–water partition coefficient (Wildman–Crippen LogP) is 2.10. The summed E-state index contributed by atoms with van der Waals surface area (Å²) in [5, 5.41) is 6.42. The lowest BCUT2D eigenvalue weighted by Crippen LogP contribution is -2.32. The molecule has 1 aliphatic heterocycles. The average Bonchev–Trinajstić information content (AvgIpc) is 2.75. The Morgan fingerprint density at radius 2 is 2.44 bits per heavy atom. The normalized spacial score (nSPS) is 24.4. The molecule has 1 aromatic rings. The average molecular weight is 221 g/mol. The Labute approximate surface area is 96.4 Å². The minimum absolute atomic E-state index is 0.0108. The first kappa shape index (κ1) is 11.2. The zero-order valence-corrected chi connectivity index (χ0v) is 9.92. The van der Waals surface area contributed by atoms with Gasteiger partial charge < -0.3 is 15.4 Å². The molecule has 0 aromatic carbocycles. The van der Waals surface area contributed by atoms with Gasteiger partial charge in [-0.05, 0) is 25.8 Å². The van der Waals surface area contributed by atoms with E-state index in [4.69, 9.17) is 4.74 Å². The van der Waals surface area contributed by atoms with Gasteiger partial charge in [0.1, 0.15) is 5.82 Å². The standard InChI is InChI=1S/C12H19N3O/c1-12(5-3-7-16-12)9-15-10-4-6-14-11(8-10)13-2/h4,6,8H,3,5,7,9H2,1-2H3,(H2,13,14,15). The molecule has 0 saturated carbocycles. The molecule has 16 heavy (non-hydrogen) atoms. The maximum Gasteiger partial charge on any atom is 0.127 e. The monoisotopic (exact) mass is 221 g/mol. The fourth-order valence-corrected chi connectivity index (χ4v) is 1.94. The molecule has 0 bridgehead atoms. The number of nitrogens with zero attached hydrogens (tertiary/aromatic N) is 1. The van der Waals surface area contributed by atoms with E-state index in [0.717, 1.165) is 37.5 Å². The van der Waals surface area contributed by atoms with Crippen molar-refractivity contribution < 1.29 is 4.74 Å². The second-order valence-electron chi connectivity index (χ2n) is 4.44. The molecule has 0 radical (unpaired) electrons. The van der Waals surface area contributed by atoms with Gasteiger partial charge in [0.15, 0.2) is 0 Å². The third kappa shape index (κ3) is 2.64. The minimum Gasteiger partial charge on any atom is -0.382 e. The Morgan fingerprint density at radius 3 is 3.12 bits per heavy atom. The van der Waals surface area contributed by atoms with Gasteiger partial charge in [0.2, 0.25) is 0 Å². The molecule has 4 nitrogen and oxygen atoms in total. The van der Waals surface area contributed by atoms with Crippen LogP contribution < -0.4 is 10.6 Å². The lowest BCUT2D eigenvalue weighted by Gasteiger charge is -2.24. The number of hydrogen-bond acceptors (Lipinski definition) is 4. The van der Waals surface area contributed by atoms with Gasteiger partial charge >= 0.3 is 0 Å². The van der Waals surface area contributed by atoms with Crippen LogP contribution in [-0.4, -0.2) is 30.8 Å². The fourth-order valence-electron chi connectivity index (χ4n) is 1.94. The second kappa shape index (κ2) is 4.70. The molecule has 1 unspecified atom stereocenters. The van der Waals surface area contributed by atoms with Crippen LogP contribution in [0.25, 0.3) is 0 Å². The van der Waals surface area contributed by atoms with Crippen LogP contribution in [0.5, 0.6) is 0 Å². The summed E-state index contributed by atoms with van der Waals surface area (Å²) >= 11 is 0. The molecule has 1 aliphatic rings. The van der Waals surface area contributed by atoms with Crippen molar-refractivity contribution in [1.82, 2.24) is 4.98 Å². The molecule has 1 saturated heterocycles. The third-order valence-corrected chi connectivity index (χ3v) is 2.98. The van der Waals surface area contributed by atoms with E-state index in [1.54, 1.807) is 6.20 Å². The van der Waals surface area contributed by atoms with E-state index in [9.17, 15) is 0 Å². The summed E-state index contributed by atoms with van der Waals surface area (Å²) in [7, 11) is 1.87. The summed E-state index contributed by atoms with van der Waals surface area (Å²) in [6.45, 7) is 3.89. The van der Waals surface area contributed by atoms with Crippen LogP contribution in [0.1, 0.15) is 19.8 Å². The molecule has 0 amide bonds. The van der Waals surface area contributed by atoms with Crippen molar-refractivity contribution in [3.63, 3.8) is 0 Å². The highest BCUT2D eigenvalue weighted by atomic mass is 16.5. The van der Waals surface area contributed by atoms with Gasteiger partial charge in [-0.15, -0.1) is 0 Å². The Hall–Kier alpha value is -1.29. The van der Waals surface area contributed by atoms with Crippen LogP contribution in [0.4, 0.5) is 11.5 Å². The summed E-state index contributed by atoms with van der Waals surface area (Å²) in [6, 6.07) is 3.97. The van der Waals surface area contributed by atoms with Crippen molar-refractivity contribution in [2.24, 2.45) is 0 Å². The molecule has 88 valence electrons. The summed E-state index contributed by atoms with van der Waals surface area (Å²) < 4.78 is 5.72. The Kier molecular flexibility index (Phi) is 3.29. The molecular formula is C12H19N3O. The first-order valence-electron chi connectivity index (χ1n) is 5.73. The summed E-state index contributed by atoms with van der Waals surface area (Å²) in [6.07, 6.45) is 4.09. The molecule has 1 aromatic heterocycles. The first-order valence-corrected chi connectivity index (χ1v) is 5.73. The van der Waals surface area contributed by atoms with E-state index >= 15 is 0 Å². The Morgan fingerprint density at radius 1 is 1.56 bits per heavy atom. The number of aromatic nitrogens is 1. The summed E-state index contributed by atoms with van der Waals surface area (Å²) in [5.74, 6) is 0.877. The number of rotatable bonds is 4. The molecular weight excluding hydrogens is 202 g/mol. The highest BCUT2D eigenvalue weighted by Crippen LogP contribution is 2.25. The number of hydrogen-bond donors (Lipinski definition) is 2. The lowest BCUT2D eigenvalue weighted by molar-refractivity contribution is 0.0315. The van der Waals surface area contributed by atoms with Crippen molar-refractivity contribution in [2.45, 2.75) is 25.4 Å². The van der Waals surface area contributed by atoms with Gasteiger partial charge in [0.05, 0.1) is 5.60 Å². The highest BCUT2D eigenvalue weighted by molar-refractivity contribution is 5.51. The molecule has 2 heterocycles. The maximum atomic E-state index is 5.72. The summed E-state index contributed by atoms with van der Waals surface area (Å²) in [5.41, 5.74) is 1.07. The van der Waals surface area contributed by atoms with E-state index in [0.29, 0.717) is 0 Å². The van der Waals surface area contributed by atoms with Crippen molar-refractivity contribution in [3.8, 4) is 0 Å². The van der Waals surface area contributed by atoms with E-state index in [1.807, 2.05) is 19.2 Å². The van der Waals surface area contributed by atoms with Crippen LogP contribution in [0.15, 0.2) is 18.3 Å². The van der Waals surface area contributed by atoms with E-state index in [2.05, 4.69) is 22.5 Å². The van der Waals surface area contributed by atoms with Crippen molar-refractivity contribution in [1.29, 1.82) is 0 Å². The lowest BCUT2D eigenvalue weighted by atomic mass is 10.0. The first-order chi connectivity index (χ1) is 7.72. The van der Waals surface area contributed by atoms with Gasteiger partial charge in [-0.25, -0.2) is 4.98 Å². The van der Waals surface area contributed by atoms with E-state index in [1.165, 1.54) is 0 Å². The van der Waals surface area contributed by atoms with Gasteiger partial charge in [-0.2, -0.15) is 0 Å². The van der Waals surface area contributed by atoms with Gasteiger partial charge in [0.25, 0.3) is 0 Å². The Balaban J connectivity index is 1.93. The van der Waals surface area contributed by atoms with Crippen LogP contribution in [0.3, 0.4) is 0 Å². The Bertz CT molecular complexity index is 348.